The largest absolute Gasteiger partial charge is 0.504 e. The first-order chi connectivity index (χ1) is 9.25. The fraction of sp³-hybridized carbons (Fsp3) is 0.250. The van der Waals surface area contributed by atoms with Crippen molar-refractivity contribution in [3.8, 4) is 11.5 Å². The van der Waals surface area contributed by atoms with Crippen LogP contribution >= 0.6 is 17.0 Å². The van der Waals surface area contributed by atoms with Gasteiger partial charge in [0.25, 0.3) is 0 Å². The Morgan fingerprint density at radius 1 is 1.05 bits per heavy atom. The second-order valence-electron chi connectivity index (χ2n) is 5.35. The van der Waals surface area contributed by atoms with Crippen LogP contribution in [0.3, 0.4) is 0 Å². The van der Waals surface area contributed by atoms with Gasteiger partial charge in [0.2, 0.25) is 0 Å². The van der Waals surface area contributed by atoms with Gasteiger partial charge in [-0.25, -0.2) is 0 Å². The lowest BCUT2D eigenvalue weighted by atomic mass is 9.74. The van der Waals surface area contributed by atoms with E-state index < -0.39 is 0 Å². The molecule has 20 heavy (non-hydrogen) atoms. The highest BCUT2D eigenvalue weighted by Crippen LogP contribution is 2.45. The third-order valence-electron chi connectivity index (χ3n) is 4.34. The smallest absolute Gasteiger partial charge is 0.161 e. The average Bonchev–Trinajstić information content (AvgIpc) is 2.44. The van der Waals surface area contributed by atoms with Crippen molar-refractivity contribution in [1.82, 2.24) is 5.32 Å². The normalized spacial score (nSPS) is 18.7. The monoisotopic (exact) mass is 333 g/mol. The van der Waals surface area contributed by atoms with E-state index in [-0.39, 0.29) is 34.4 Å². The van der Waals surface area contributed by atoms with Crippen LogP contribution in [0.4, 0.5) is 0 Å². The quantitative estimate of drug-likeness (QED) is 0.650. The topological polar surface area (TPSA) is 52.5 Å². The fourth-order valence-corrected chi connectivity index (χ4v) is 3.48. The van der Waals surface area contributed by atoms with Crippen LogP contribution in [0.25, 0.3) is 0 Å². The summed E-state index contributed by atoms with van der Waals surface area (Å²) < 4.78 is 0. The van der Waals surface area contributed by atoms with Gasteiger partial charge < -0.3 is 15.5 Å². The Morgan fingerprint density at radius 3 is 2.70 bits per heavy atom. The number of benzene rings is 2. The predicted octanol–water partition coefficient (Wildman–Crippen LogP) is 2.82. The minimum absolute atomic E-state index is 0. The number of halogens is 1. The molecule has 4 rings (SSSR count). The first-order valence-corrected chi connectivity index (χ1v) is 6.61. The summed E-state index contributed by atoms with van der Waals surface area (Å²) in [6.07, 6.45) is 0.704. The molecule has 0 unspecified atom stereocenters. The number of fused-ring (bicyclic) bond motifs is 2. The standard InChI is InChI=1S/C16H15NO2.BrH/c18-14-5-4-11-12(16(14)19)6-9-2-1-3-10-7-17-8-13(11)15(9)10;/h1-5,13,17-19H,6-8H2;1H/t13-;/m0./s1. The van der Waals surface area contributed by atoms with Crippen molar-refractivity contribution in [1.29, 1.82) is 0 Å². The highest BCUT2D eigenvalue weighted by Gasteiger charge is 2.31. The van der Waals surface area contributed by atoms with Crippen molar-refractivity contribution in [3.05, 3.63) is 58.1 Å². The van der Waals surface area contributed by atoms with Gasteiger partial charge in [0.05, 0.1) is 0 Å². The van der Waals surface area contributed by atoms with Crippen molar-refractivity contribution in [2.75, 3.05) is 6.54 Å². The van der Waals surface area contributed by atoms with Gasteiger partial charge in [0.1, 0.15) is 0 Å². The second-order valence-corrected chi connectivity index (χ2v) is 5.35. The lowest BCUT2D eigenvalue weighted by molar-refractivity contribution is 0.397. The van der Waals surface area contributed by atoms with Crippen LogP contribution in [-0.4, -0.2) is 16.8 Å². The SMILES string of the molecule is Br.Oc1ccc2c(c1O)Cc1cccc3c1[C@H]2CNC3. The van der Waals surface area contributed by atoms with Gasteiger partial charge in [-0.15, -0.1) is 17.0 Å². The van der Waals surface area contributed by atoms with Crippen LogP contribution < -0.4 is 5.32 Å². The number of rotatable bonds is 0. The Morgan fingerprint density at radius 2 is 1.85 bits per heavy atom. The predicted molar refractivity (Wildman–Crippen MR) is 82.9 cm³/mol. The maximum atomic E-state index is 10.1. The van der Waals surface area contributed by atoms with Gasteiger partial charge in [0, 0.05) is 31.0 Å². The Balaban J connectivity index is 0.00000121. The van der Waals surface area contributed by atoms with Gasteiger partial charge in [-0.3, -0.25) is 0 Å². The van der Waals surface area contributed by atoms with Crippen LogP contribution in [0.15, 0.2) is 30.3 Å². The summed E-state index contributed by atoms with van der Waals surface area (Å²) in [4.78, 5) is 0. The molecule has 0 saturated heterocycles. The van der Waals surface area contributed by atoms with Gasteiger partial charge in [-0.1, -0.05) is 24.3 Å². The van der Waals surface area contributed by atoms with Crippen molar-refractivity contribution >= 4 is 17.0 Å². The zero-order valence-electron chi connectivity index (χ0n) is 10.9. The minimum Gasteiger partial charge on any atom is -0.504 e. The van der Waals surface area contributed by atoms with Crippen LogP contribution in [-0.2, 0) is 13.0 Å². The minimum atomic E-state index is -0.0258. The third-order valence-corrected chi connectivity index (χ3v) is 4.34. The molecule has 0 aromatic heterocycles. The van der Waals surface area contributed by atoms with Crippen LogP contribution in [0.2, 0.25) is 0 Å². The molecule has 3 N–H and O–H groups in total. The Kier molecular flexibility index (Phi) is 3.22. The molecular weight excluding hydrogens is 318 g/mol. The van der Waals surface area contributed by atoms with E-state index in [0.29, 0.717) is 6.42 Å². The average molecular weight is 334 g/mol. The molecule has 1 aliphatic heterocycles. The molecule has 0 radical (unpaired) electrons. The van der Waals surface area contributed by atoms with Gasteiger partial charge in [-0.2, -0.15) is 0 Å². The van der Waals surface area contributed by atoms with E-state index in [1.807, 2.05) is 6.07 Å². The second kappa shape index (κ2) is 4.79. The highest BCUT2D eigenvalue weighted by atomic mass is 79.9. The Bertz CT molecular complexity index is 684. The van der Waals surface area contributed by atoms with Crippen molar-refractivity contribution in [3.63, 3.8) is 0 Å². The molecule has 1 heterocycles. The molecule has 0 amide bonds. The molecule has 0 bridgehead atoms. The van der Waals surface area contributed by atoms with Crippen LogP contribution in [0.1, 0.15) is 33.7 Å². The molecule has 1 atom stereocenters. The zero-order valence-corrected chi connectivity index (χ0v) is 12.6. The fourth-order valence-electron chi connectivity index (χ4n) is 3.48. The molecule has 0 saturated carbocycles. The molecule has 1 aliphatic carbocycles. The summed E-state index contributed by atoms with van der Waals surface area (Å²) in [5.41, 5.74) is 6.06. The van der Waals surface area contributed by atoms with E-state index in [1.165, 1.54) is 16.7 Å². The summed E-state index contributed by atoms with van der Waals surface area (Å²) in [5.74, 6) is 0.302. The van der Waals surface area contributed by atoms with E-state index in [9.17, 15) is 10.2 Å². The maximum Gasteiger partial charge on any atom is 0.161 e. The van der Waals surface area contributed by atoms with Gasteiger partial charge >= 0.3 is 0 Å². The van der Waals surface area contributed by atoms with Crippen LogP contribution in [0, 0.1) is 0 Å². The molecule has 2 aliphatic rings. The lowest BCUT2D eigenvalue weighted by Gasteiger charge is -2.34. The molecule has 3 nitrogen and oxygen atoms in total. The lowest BCUT2D eigenvalue weighted by Crippen LogP contribution is -2.32. The number of hydrogen-bond donors (Lipinski definition) is 3. The molecule has 2 aromatic carbocycles. The van der Waals surface area contributed by atoms with Gasteiger partial charge in [-0.05, 0) is 28.3 Å². The van der Waals surface area contributed by atoms with E-state index in [2.05, 4.69) is 23.5 Å². The van der Waals surface area contributed by atoms with Crippen molar-refractivity contribution in [2.24, 2.45) is 0 Å². The summed E-state index contributed by atoms with van der Waals surface area (Å²) >= 11 is 0. The number of phenols is 2. The first kappa shape index (κ1) is 13.5. The molecule has 4 heteroatoms. The van der Waals surface area contributed by atoms with E-state index in [0.717, 1.165) is 24.2 Å². The molecule has 0 fully saturated rings. The molecule has 104 valence electrons. The zero-order chi connectivity index (χ0) is 13.0. The summed E-state index contributed by atoms with van der Waals surface area (Å²) in [6.45, 7) is 1.81. The molecular formula is C16H16BrNO2. The highest BCUT2D eigenvalue weighted by molar-refractivity contribution is 8.93. The first-order valence-electron chi connectivity index (χ1n) is 6.61. The number of hydrogen-bond acceptors (Lipinski definition) is 3. The number of nitrogens with one attached hydrogen (secondary N) is 1. The maximum absolute atomic E-state index is 10.1. The summed E-state index contributed by atoms with van der Waals surface area (Å²) in [5, 5.41) is 23.2. The van der Waals surface area contributed by atoms with Gasteiger partial charge in [0.15, 0.2) is 11.5 Å². The molecule has 0 spiro atoms. The number of aromatic hydroxyl groups is 2. The third kappa shape index (κ3) is 1.75. The van der Waals surface area contributed by atoms with Crippen molar-refractivity contribution < 1.29 is 10.2 Å². The van der Waals surface area contributed by atoms with E-state index in [1.54, 1.807) is 6.07 Å². The van der Waals surface area contributed by atoms with Crippen LogP contribution in [0.5, 0.6) is 11.5 Å². The summed E-state index contributed by atoms with van der Waals surface area (Å²) in [6, 6.07) is 9.91. The molecule has 2 aromatic rings. The van der Waals surface area contributed by atoms with E-state index in [4.69, 9.17) is 0 Å². The number of phenolic OH excluding ortho intramolecular Hbond substituents is 2. The Labute approximate surface area is 128 Å². The van der Waals surface area contributed by atoms with Crippen molar-refractivity contribution in [2.45, 2.75) is 18.9 Å². The van der Waals surface area contributed by atoms with E-state index >= 15 is 0 Å². The summed E-state index contributed by atoms with van der Waals surface area (Å²) in [7, 11) is 0. The Hall–Kier alpha value is -1.52.